The summed E-state index contributed by atoms with van der Waals surface area (Å²) in [7, 11) is 0. The van der Waals surface area contributed by atoms with Crippen LogP contribution < -0.4 is 5.32 Å². The first-order valence-corrected chi connectivity index (χ1v) is 7.16. The van der Waals surface area contributed by atoms with E-state index in [1.807, 2.05) is 0 Å². The molecule has 0 bridgehead atoms. The Morgan fingerprint density at radius 2 is 2.17 bits per heavy atom. The van der Waals surface area contributed by atoms with Crippen LogP contribution in [0.5, 0.6) is 0 Å². The van der Waals surface area contributed by atoms with Crippen LogP contribution in [-0.2, 0) is 0 Å². The molecular formula is C14H19BrFNO. The number of benzene rings is 1. The second kappa shape index (κ2) is 6.88. The Bertz CT molecular complexity index is 407. The molecule has 100 valence electrons. The van der Waals surface area contributed by atoms with Crippen molar-refractivity contribution in [2.24, 2.45) is 5.41 Å². The van der Waals surface area contributed by atoms with Gasteiger partial charge < -0.3 is 5.32 Å². The lowest BCUT2D eigenvalue weighted by molar-refractivity contribution is 0.0934. The van der Waals surface area contributed by atoms with Crippen molar-refractivity contribution in [3.05, 3.63) is 35.6 Å². The number of hydrogen-bond donors (Lipinski definition) is 1. The average molecular weight is 316 g/mol. The van der Waals surface area contributed by atoms with Crippen LogP contribution in [0.25, 0.3) is 0 Å². The fraction of sp³-hybridized carbons (Fsp3) is 0.500. The summed E-state index contributed by atoms with van der Waals surface area (Å²) in [6.07, 6.45) is 2.10. The standard InChI is InChI=1S/C14H19BrFNO/c1-14(2,7-4-8-15)10-17-13(18)11-5-3-6-12(16)9-11/h3,5-6,9H,4,7-8,10H2,1-2H3,(H,17,18). The van der Waals surface area contributed by atoms with E-state index in [1.54, 1.807) is 12.1 Å². The van der Waals surface area contributed by atoms with Crippen molar-refractivity contribution in [2.75, 3.05) is 11.9 Å². The Kier molecular flexibility index (Phi) is 5.79. The van der Waals surface area contributed by atoms with Crippen LogP contribution in [0.4, 0.5) is 4.39 Å². The van der Waals surface area contributed by atoms with Gasteiger partial charge in [0.2, 0.25) is 0 Å². The molecule has 0 fully saturated rings. The number of carbonyl (C=O) groups is 1. The molecule has 2 nitrogen and oxygen atoms in total. The third kappa shape index (κ3) is 5.17. The molecule has 0 saturated heterocycles. The molecule has 0 unspecified atom stereocenters. The highest BCUT2D eigenvalue weighted by atomic mass is 79.9. The zero-order valence-electron chi connectivity index (χ0n) is 10.8. The van der Waals surface area contributed by atoms with E-state index in [1.165, 1.54) is 12.1 Å². The van der Waals surface area contributed by atoms with E-state index < -0.39 is 0 Å². The minimum Gasteiger partial charge on any atom is -0.352 e. The molecule has 4 heteroatoms. The Morgan fingerprint density at radius 1 is 1.44 bits per heavy atom. The number of halogens is 2. The van der Waals surface area contributed by atoms with Gasteiger partial charge in [0.1, 0.15) is 5.82 Å². The van der Waals surface area contributed by atoms with Gasteiger partial charge in [-0.2, -0.15) is 0 Å². The number of alkyl halides is 1. The highest BCUT2D eigenvalue weighted by Crippen LogP contribution is 2.21. The highest BCUT2D eigenvalue weighted by molar-refractivity contribution is 9.09. The van der Waals surface area contributed by atoms with Crippen molar-refractivity contribution in [3.8, 4) is 0 Å². The summed E-state index contributed by atoms with van der Waals surface area (Å²) in [5.74, 6) is -0.609. The molecule has 1 aromatic carbocycles. The molecule has 0 aliphatic heterocycles. The van der Waals surface area contributed by atoms with Crippen molar-refractivity contribution in [2.45, 2.75) is 26.7 Å². The SMILES string of the molecule is CC(C)(CCCBr)CNC(=O)c1cccc(F)c1. The molecule has 0 saturated carbocycles. The molecular weight excluding hydrogens is 297 g/mol. The lowest BCUT2D eigenvalue weighted by atomic mass is 9.88. The number of carbonyl (C=O) groups excluding carboxylic acids is 1. The van der Waals surface area contributed by atoms with Gasteiger partial charge in [-0.25, -0.2) is 4.39 Å². The fourth-order valence-electron chi connectivity index (χ4n) is 1.69. The van der Waals surface area contributed by atoms with Gasteiger partial charge in [-0.15, -0.1) is 0 Å². The van der Waals surface area contributed by atoms with Crippen LogP contribution in [0.2, 0.25) is 0 Å². The van der Waals surface area contributed by atoms with Gasteiger partial charge in [-0.05, 0) is 36.5 Å². The van der Waals surface area contributed by atoms with Crippen molar-refractivity contribution in [1.29, 1.82) is 0 Å². The van der Waals surface area contributed by atoms with Crippen molar-refractivity contribution in [3.63, 3.8) is 0 Å². The second-order valence-corrected chi connectivity index (χ2v) is 5.94. The number of rotatable bonds is 6. The fourth-order valence-corrected chi connectivity index (χ4v) is 1.97. The lowest BCUT2D eigenvalue weighted by Crippen LogP contribution is -2.34. The van der Waals surface area contributed by atoms with Crippen molar-refractivity contribution in [1.82, 2.24) is 5.32 Å². The van der Waals surface area contributed by atoms with Gasteiger partial charge in [0.05, 0.1) is 0 Å². The molecule has 1 aromatic rings. The Hall–Kier alpha value is -0.900. The van der Waals surface area contributed by atoms with Gasteiger partial charge in [-0.1, -0.05) is 35.8 Å². The third-order valence-electron chi connectivity index (χ3n) is 2.80. The van der Waals surface area contributed by atoms with E-state index in [0.717, 1.165) is 18.2 Å². The maximum absolute atomic E-state index is 13.0. The number of hydrogen-bond acceptors (Lipinski definition) is 1. The number of nitrogens with one attached hydrogen (secondary N) is 1. The summed E-state index contributed by atoms with van der Waals surface area (Å²) in [4.78, 5) is 11.8. The summed E-state index contributed by atoms with van der Waals surface area (Å²) in [6, 6.07) is 5.74. The predicted molar refractivity (Wildman–Crippen MR) is 75.5 cm³/mol. The molecule has 18 heavy (non-hydrogen) atoms. The Labute approximate surface area is 116 Å². The maximum Gasteiger partial charge on any atom is 0.251 e. The van der Waals surface area contributed by atoms with E-state index in [4.69, 9.17) is 0 Å². The van der Waals surface area contributed by atoms with Crippen LogP contribution in [-0.4, -0.2) is 17.8 Å². The molecule has 0 spiro atoms. The quantitative estimate of drug-likeness (QED) is 0.796. The normalized spacial score (nSPS) is 11.3. The van der Waals surface area contributed by atoms with E-state index in [9.17, 15) is 9.18 Å². The maximum atomic E-state index is 13.0. The second-order valence-electron chi connectivity index (χ2n) is 5.15. The summed E-state index contributed by atoms with van der Waals surface area (Å²) >= 11 is 3.40. The molecule has 0 heterocycles. The third-order valence-corrected chi connectivity index (χ3v) is 3.36. The smallest absolute Gasteiger partial charge is 0.251 e. The lowest BCUT2D eigenvalue weighted by Gasteiger charge is -2.24. The molecule has 0 aromatic heterocycles. The molecule has 1 N–H and O–H groups in total. The highest BCUT2D eigenvalue weighted by Gasteiger charge is 2.18. The van der Waals surface area contributed by atoms with E-state index in [0.29, 0.717) is 12.1 Å². The first kappa shape index (κ1) is 15.2. The van der Waals surface area contributed by atoms with Gasteiger partial charge in [0.25, 0.3) is 5.91 Å². The Balaban J connectivity index is 2.50. The van der Waals surface area contributed by atoms with Gasteiger partial charge >= 0.3 is 0 Å². The minimum absolute atomic E-state index is 0.0523. The minimum atomic E-state index is -0.388. The monoisotopic (exact) mass is 315 g/mol. The van der Waals surface area contributed by atoms with Gasteiger partial charge in [0, 0.05) is 17.4 Å². The molecule has 0 aliphatic carbocycles. The predicted octanol–water partition coefficient (Wildman–Crippen LogP) is 3.76. The van der Waals surface area contributed by atoms with Crippen LogP contribution >= 0.6 is 15.9 Å². The van der Waals surface area contributed by atoms with Crippen LogP contribution in [0.15, 0.2) is 24.3 Å². The number of amides is 1. The zero-order chi connectivity index (χ0) is 13.6. The first-order chi connectivity index (χ1) is 8.44. The topological polar surface area (TPSA) is 29.1 Å². The summed E-state index contributed by atoms with van der Waals surface area (Å²) in [6.45, 7) is 4.82. The molecule has 1 rings (SSSR count). The summed E-state index contributed by atoms with van der Waals surface area (Å²) in [5, 5.41) is 3.82. The van der Waals surface area contributed by atoms with E-state index in [2.05, 4.69) is 35.1 Å². The van der Waals surface area contributed by atoms with Gasteiger partial charge in [0.15, 0.2) is 0 Å². The largest absolute Gasteiger partial charge is 0.352 e. The zero-order valence-corrected chi connectivity index (χ0v) is 12.4. The molecule has 1 amide bonds. The molecule has 0 atom stereocenters. The van der Waals surface area contributed by atoms with E-state index >= 15 is 0 Å². The summed E-state index contributed by atoms with van der Waals surface area (Å²) in [5.41, 5.74) is 0.419. The van der Waals surface area contributed by atoms with Gasteiger partial charge in [-0.3, -0.25) is 4.79 Å². The van der Waals surface area contributed by atoms with Crippen LogP contribution in [0.3, 0.4) is 0 Å². The summed E-state index contributed by atoms with van der Waals surface area (Å²) < 4.78 is 13.0. The molecule has 0 aliphatic rings. The first-order valence-electron chi connectivity index (χ1n) is 6.04. The van der Waals surface area contributed by atoms with E-state index in [-0.39, 0.29) is 17.1 Å². The Morgan fingerprint density at radius 3 is 2.78 bits per heavy atom. The van der Waals surface area contributed by atoms with Crippen molar-refractivity contribution >= 4 is 21.8 Å². The van der Waals surface area contributed by atoms with Crippen LogP contribution in [0.1, 0.15) is 37.0 Å². The average Bonchev–Trinajstić information content (AvgIpc) is 2.34. The molecule has 0 radical (unpaired) electrons. The van der Waals surface area contributed by atoms with Crippen molar-refractivity contribution < 1.29 is 9.18 Å². The van der Waals surface area contributed by atoms with Crippen LogP contribution in [0, 0.1) is 11.2 Å².